The van der Waals surface area contributed by atoms with Crippen molar-refractivity contribution in [3.8, 4) is 0 Å². The molecule has 2 fully saturated rings. The zero-order chi connectivity index (χ0) is 15.2. The van der Waals surface area contributed by atoms with Gasteiger partial charge in [0, 0.05) is 19.0 Å². The Morgan fingerprint density at radius 3 is 2.10 bits per heavy atom. The fourth-order valence-corrected chi connectivity index (χ4v) is 3.07. The van der Waals surface area contributed by atoms with Crippen molar-refractivity contribution in [2.24, 2.45) is 11.7 Å². The number of ether oxygens (including phenoxy) is 1. The van der Waals surface area contributed by atoms with Crippen LogP contribution in [0.2, 0.25) is 0 Å². The largest absolute Gasteiger partial charge is 0.444 e. The topological polar surface area (TPSA) is 75.9 Å². The Labute approximate surface area is 120 Å². The van der Waals surface area contributed by atoms with Crippen LogP contribution >= 0.6 is 0 Å². The van der Waals surface area contributed by atoms with E-state index in [9.17, 15) is 9.59 Å². The zero-order valence-corrected chi connectivity index (χ0v) is 12.9. The van der Waals surface area contributed by atoms with E-state index in [0.717, 1.165) is 0 Å². The van der Waals surface area contributed by atoms with Crippen LogP contribution in [0.4, 0.5) is 4.79 Å². The van der Waals surface area contributed by atoms with Crippen molar-refractivity contribution in [3.05, 3.63) is 0 Å². The number of nitrogens with two attached hydrogens (primary N) is 1. The highest BCUT2D eigenvalue weighted by Crippen LogP contribution is 2.36. The van der Waals surface area contributed by atoms with Crippen LogP contribution in [0.3, 0.4) is 0 Å². The molecule has 2 aliphatic heterocycles. The summed E-state index contributed by atoms with van der Waals surface area (Å²) in [5, 5.41) is 0. The van der Waals surface area contributed by atoms with Crippen LogP contribution in [-0.2, 0) is 9.53 Å². The van der Waals surface area contributed by atoms with Gasteiger partial charge in [-0.1, -0.05) is 6.92 Å². The molecule has 114 valence electrons. The summed E-state index contributed by atoms with van der Waals surface area (Å²) in [7, 11) is 0. The van der Waals surface area contributed by atoms with Gasteiger partial charge in [0.05, 0.1) is 18.1 Å². The Bertz CT molecular complexity index is 416. The van der Waals surface area contributed by atoms with Crippen molar-refractivity contribution in [1.82, 2.24) is 9.80 Å². The van der Waals surface area contributed by atoms with Crippen LogP contribution in [0.1, 0.15) is 34.6 Å². The number of carbonyl (C=O) groups excluding carboxylic acids is 2. The van der Waals surface area contributed by atoms with Gasteiger partial charge in [0.2, 0.25) is 5.91 Å². The van der Waals surface area contributed by atoms with Crippen LogP contribution in [0.5, 0.6) is 0 Å². The number of carbonyl (C=O) groups is 2. The summed E-state index contributed by atoms with van der Waals surface area (Å²) >= 11 is 0. The molecule has 2 amide bonds. The van der Waals surface area contributed by atoms with Gasteiger partial charge < -0.3 is 20.3 Å². The molecule has 1 unspecified atom stereocenters. The number of rotatable bonds is 1. The first-order valence-corrected chi connectivity index (χ1v) is 7.17. The number of piperazine rings is 1. The van der Waals surface area contributed by atoms with Gasteiger partial charge in [-0.3, -0.25) is 4.79 Å². The number of likely N-dealkylation sites (tertiary alicyclic amines) is 2. The van der Waals surface area contributed by atoms with E-state index in [-0.39, 0.29) is 30.0 Å². The van der Waals surface area contributed by atoms with Gasteiger partial charge in [-0.25, -0.2) is 4.79 Å². The molecule has 20 heavy (non-hydrogen) atoms. The van der Waals surface area contributed by atoms with Gasteiger partial charge in [-0.2, -0.15) is 0 Å². The molecular weight excluding hydrogens is 258 g/mol. The molecule has 2 aliphatic rings. The van der Waals surface area contributed by atoms with Crippen molar-refractivity contribution in [2.45, 2.75) is 58.3 Å². The molecule has 0 aromatic heterocycles. The predicted octanol–water partition coefficient (Wildman–Crippen LogP) is 0.800. The third kappa shape index (κ3) is 2.61. The summed E-state index contributed by atoms with van der Waals surface area (Å²) in [6, 6.07) is -0.389. The van der Waals surface area contributed by atoms with E-state index in [2.05, 4.69) is 6.92 Å². The van der Waals surface area contributed by atoms with E-state index in [4.69, 9.17) is 10.5 Å². The fraction of sp³-hybridized carbons (Fsp3) is 0.857. The molecule has 6 nitrogen and oxygen atoms in total. The maximum absolute atomic E-state index is 12.2. The van der Waals surface area contributed by atoms with Gasteiger partial charge in [0.15, 0.2) is 0 Å². The molecule has 2 rings (SSSR count). The van der Waals surface area contributed by atoms with E-state index < -0.39 is 11.6 Å². The minimum atomic E-state index is -0.497. The average molecular weight is 283 g/mol. The number of fused-ring (bicyclic) bond motifs is 2. The Kier molecular flexibility index (Phi) is 3.71. The van der Waals surface area contributed by atoms with E-state index in [1.807, 2.05) is 25.7 Å². The maximum atomic E-state index is 12.2. The lowest BCUT2D eigenvalue weighted by Crippen LogP contribution is -2.54. The normalized spacial score (nSPS) is 30.6. The van der Waals surface area contributed by atoms with Gasteiger partial charge in [0.1, 0.15) is 5.60 Å². The minimum Gasteiger partial charge on any atom is -0.444 e. The smallest absolute Gasteiger partial charge is 0.410 e. The Morgan fingerprint density at radius 1 is 1.20 bits per heavy atom. The predicted molar refractivity (Wildman–Crippen MR) is 75.0 cm³/mol. The summed E-state index contributed by atoms with van der Waals surface area (Å²) in [4.78, 5) is 27.8. The molecule has 2 heterocycles. The molecule has 4 atom stereocenters. The van der Waals surface area contributed by atoms with Crippen LogP contribution in [0.15, 0.2) is 0 Å². The molecule has 0 saturated carbocycles. The molecule has 2 bridgehead atoms. The third-order valence-corrected chi connectivity index (χ3v) is 4.08. The third-order valence-electron chi connectivity index (χ3n) is 4.08. The van der Waals surface area contributed by atoms with Crippen molar-refractivity contribution >= 4 is 12.0 Å². The van der Waals surface area contributed by atoms with Gasteiger partial charge in [-0.15, -0.1) is 0 Å². The average Bonchev–Trinajstić information content (AvgIpc) is 2.79. The Balaban J connectivity index is 2.05. The first-order chi connectivity index (χ1) is 9.11. The quantitative estimate of drug-likeness (QED) is 0.772. The first kappa shape index (κ1) is 15.1. The number of hydrogen-bond acceptors (Lipinski definition) is 4. The molecule has 0 aromatic carbocycles. The number of amides is 2. The second kappa shape index (κ2) is 4.91. The van der Waals surface area contributed by atoms with E-state index in [1.54, 1.807) is 11.8 Å². The monoisotopic (exact) mass is 283 g/mol. The first-order valence-electron chi connectivity index (χ1n) is 7.17. The van der Waals surface area contributed by atoms with Crippen LogP contribution < -0.4 is 5.73 Å². The van der Waals surface area contributed by atoms with Crippen molar-refractivity contribution in [1.29, 1.82) is 0 Å². The highest BCUT2D eigenvalue weighted by molar-refractivity contribution is 5.82. The Morgan fingerprint density at radius 2 is 1.70 bits per heavy atom. The van der Waals surface area contributed by atoms with Crippen molar-refractivity contribution < 1.29 is 14.3 Å². The van der Waals surface area contributed by atoms with Crippen molar-refractivity contribution in [2.75, 3.05) is 13.1 Å². The van der Waals surface area contributed by atoms with Crippen LogP contribution in [0.25, 0.3) is 0 Å². The molecule has 0 spiro atoms. The molecule has 2 saturated heterocycles. The van der Waals surface area contributed by atoms with E-state index in [1.165, 1.54) is 0 Å². The standard InChI is InChI=1S/C14H25N3O3/c1-8-10-7-17(13(19)20-14(3,4)5)11(8)6-16(10)12(18)9(2)15/h8-11H,6-7,15H2,1-5H3/t8-,9?,10+,11+/m0/s1. The Hall–Kier alpha value is -1.30. The maximum Gasteiger partial charge on any atom is 0.410 e. The number of nitrogens with zero attached hydrogens (tertiary/aromatic N) is 2. The summed E-state index contributed by atoms with van der Waals surface area (Å²) < 4.78 is 5.42. The zero-order valence-electron chi connectivity index (χ0n) is 12.9. The SMILES string of the molecule is CC(N)C(=O)N1C[C@@H]2[C@@H](C)[C@H]1CN2C(=O)OC(C)(C)C. The summed E-state index contributed by atoms with van der Waals surface area (Å²) in [5.41, 5.74) is 5.18. The number of hydrogen-bond donors (Lipinski definition) is 1. The fourth-order valence-electron chi connectivity index (χ4n) is 3.07. The minimum absolute atomic E-state index is 0.0341. The highest BCUT2D eigenvalue weighted by Gasteiger charge is 2.53. The lowest BCUT2D eigenvalue weighted by Gasteiger charge is -2.35. The van der Waals surface area contributed by atoms with Gasteiger partial charge in [-0.05, 0) is 27.7 Å². The molecule has 0 aromatic rings. The van der Waals surface area contributed by atoms with Gasteiger partial charge in [0.25, 0.3) is 0 Å². The van der Waals surface area contributed by atoms with Crippen LogP contribution in [-0.4, -0.2) is 58.6 Å². The lowest BCUT2D eigenvalue weighted by atomic mass is 10.0. The molecule has 6 heteroatoms. The van der Waals surface area contributed by atoms with Crippen LogP contribution in [0, 0.1) is 5.92 Å². The second-order valence-corrected chi connectivity index (χ2v) is 6.91. The summed E-state index contributed by atoms with van der Waals surface area (Å²) in [6.45, 7) is 10.4. The molecule has 0 radical (unpaired) electrons. The molecule has 2 N–H and O–H groups in total. The van der Waals surface area contributed by atoms with E-state index in [0.29, 0.717) is 13.1 Å². The molecular formula is C14H25N3O3. The van der Waals surface area contributed by atoms with Gasteiger partial charge >= 0.3 is 6.09 Å². The molecule has 0 aliphatic carbocycles. The summed E-state index contributed by atoms with van der Waals surface area (Å²) in [5.74, 6) is 0.235. The second-order valence-electron chi connectivity index (χ2n) is 6.91. The summed E-state index contributed by atoms with van der Waals surface area (Å²) in [6.07, 6.45) is -0.287. The highest BCUT2D eigenvalue weighted by atomic mass is 16.6. The van der Waals surface area contributed by atoms with E-state index >= 15 is 0 Å². The van der Waals surface area contributed by atoms with Crippen molar-refractivity contribution in [3.63, 3.8) is 0 Å². The lowest BCUT2D eigenvalue weighted by molar-refractivity contribution is -0.134.